The Morgan fingerprint density at radius 3 is 2.60 bits per heavy atom. The van der Waals surface area contributed by atoms with Crippen LogP contribution in [0.3, 0.4) is 0 Å². The van der Waals surface area contributed by atoms with Crippen LogP contribution >= 0.6 is 0 Å². The van der Waals surface area contributed by atoms with Gasteiger partial charge in [0.25, 0.3) is 0 Å². The van der Waals surface area contributed by atoms with E-state index in [0.29, 0.717) is 6.61 Å². The largest absolute Gasteiger partial charge is 0.487 e. The first-order valence-corrected chi connectivity index (χ1v) is 6.61. The maximum absolute atomic E-state index is 5.91. The van der Waals surface area contributed by atoms with Gasteiger partial charge in [-0.25, -0.2) is 4.98 Å². The first kappa shape index (κ1) is 12.5. The summed E-state index contributed by atoms with van der Waals surface area (Å²) in [6.07, 6.45) is 0. The molecule has 0 atom stereocenters. The van der Waals surface area contributed by atoms with Crippen LogP contribution in [0, 0.1) is 0 Å². The second kappa shape index (κ2) is 5.61. The highest BCUT2D eigenvalue weighted by Gasteiger charge is 2.05. The molecule has 0 aliphatic rings. The number of pyridine rings is 1. The van der Waals surface area contributed by atoms with Crippen LogP contribution in [0.25, 0.3) is 10.9 Å². The second-order valence-corrected chi connectivity index (χ2v) is 4.55. The zero-order chi connectivity index (χ0) is 13.8. The maximum Gasteiger partial charge on any atom is 0.146 e. The van der Waals surface area contributed by atoms with Gasteiger partial charge in [-0.3, -0.25) is 0 Å². The fourth-order valence-electron chi connectivity index (χ4n) is 2.11. The van der Waals surface area contributed by atoms with E-state index in [1.54, 1.807) is 0 Å². The lowest BCUT2D eigenvalue weighted by atomic mass is 10.2. The molecule has 1 N–H and O–H groups in total. The number of anilines is 1. The zero-order valence-electron chi connectivity index (χ0n) is 11.3. The van der Waals surface area contributed by atoms with Crippen LogP contribution < -0.4 is 10.1 Å². The summed E-state index contributed by atoms with van der Waals surface area (Å²) in [5, 5.41) is 4.13. The minimum Gasteiger partial charge on any atom is -0.487 e. The number of hydrogen-bond donors (Lipinski definition) is 1. The molecule has 2 aromatic carbocycles. The Hall–Kier alpha value is -2.55. The van der Waals surface area contributed by atoms with Crippen molar-refractivity contribution in [2.75, 3.05) is 12.4 Å². The molecular formula is C17H16N2O. The van der Waals surface area contributed by atoms with Crippen molar-refractivity contribution in [1.29, 1.82) is 0 Å². The van der Waals surface area contributed by atoms with Crippen molar-refractivity contribution in [2.45, 2.75) is 6.61 Å². The predicted octanol–water partition coefficient (Wildman–Crippen LogP) is 3.86. The predicted molar refractivity (Wildman–Crippen MR) is 82.1 cm³/mol. The highest BCUT2D eigenvalue weighted by atomic mass is 16.5. The third-order valence-corrected chi connectivity index (χ3v) is 3.18. The van der Waals surface area contributed by atoms with E-state index in [1.165, 1.54) is 0 Å². The molecule has 0 aliphatic carbocycles. The third kappa shape index (κ3) is 2.57. The van der Waals surface area contributed by atoms with E-state index >= 15 is 0 Å². The summed E-state index contributed by atoms with van der Waals surface area (Å²) < 4.78 is 5.91. The highest BCUT2D eigenvalue weighted by Crippen LogP contribution is 2.25. The molecule has 3 heteroatoms. The molecule has 20 heavy (non-hydrogen) atoms. The molecule has 0 bridgehead atoms. The van der Waals surface area contributed by atoms with E-state index in [2.05, 4.69) is 22.4 Å². The fraction of sp³-hybridized carbons (Fsp3) is 0.118. The lowest BCUT2D eigenvalue weighted by molar-refractivity contribution is 0.309. The summed E-state index contributed by atoms with van der Waals surface area (Å²) in [5.41, 5.74) is 2.03. The van der Waals surface area contributed by atoms with Crippen molar-refractivity contribution >= 4 is 16.7 Å². The van der Waals surface area contributed by atoms with Crippen LogP contribution in [0.5, 0.6) is 5.75 Å². The van der Waals surface area contributed by atoms with Crippen molar-refractivity contribution < 1.29 is 4.74 Å². The summed E-state index contributed by atoms with van der Waals surface area (Å²) >= 11 is 0. The maximum atomic E-state index is 5.91. The Morgan fingerprint density at radius 2 is 1.80 bits per heavy atom. The number of para-hydroxylation sites is 1. The molecule has 1 aromatic heterocycles. The number of fused-ring (bicyclic) bond motifs is 1. The molecule has 3 nitrogen and oxygen atoms in total. The Kier molecular flexibility index (Phi) is 3.50. The van der Waals surface area contributed by atoms with Crippen LogP contribution in [-0.4, -0.2) is 12.0 Å². The Balaban J connectivity index is 1.90. The van der Waals surface area contributed by atoms with Crippen LogP contribution in [0.2, 0.25) is 0 Å². The normalized spacial score (nSPS) is 10.4. The summed E-state index contributed by atoms with van der Waals surface area (Å²) in [6, 6.07) is 20.1. The molecule has 0 saturated carbocycles. The molecule has 100 valence electrons. The second-order valence-electron chi connectivity index (χ2n) is 4.55. The van der Waals surface area contributed by atoms with E-state index in [-0.39, 0.29) is 0 Å². The fourth-order valence-corrected chi connectivity index (χ4v) is 2.11. The number of benzene rings is 2. The van der Waals surface area contributed by atoms with Gasteiger partial charge in [0.2, 0.25) is 0 Å². The number of nitrogens with zero attached hydrogens (tertiary/aromatic N) is 1. The smallest absolute Gasteiger partial charge is 0.146 e. The topological polar surface area (TPSA) is 34.1 Å². The Bertz CT molecular complexity index is 711. The molecule has 1 heterocycles. The lowest BCUT2D eigenvalue weighted by Gasteiger charge is -2.10. The van der Waals surface area contributed by atoms with Gasteiger partial charge in [0.1, 0.15) is 23.7 Å². The number of nitrogens with one attached hydrogen (secondary N) is 1. The van der Waals surface area contributed by atoms with E-state index in [0.717, 1.165) is 28.0 Å². The van der Waals surface area contributed by atoms with Crippen LogP contribution in [0.1, 0.15) is 5.56 Å². The van der Waals surface area contributed by atoms with Crippen LogP contribution in [-0.2, 0) is 6.61 Å². The SMILES string of the molecule is CNc1ccc2cccc(OCc3ccccc3)c2n1. The van der Waals surface area contributed by atoms with Gasteiger partial charge < -0.3 is 10.1 Å². The molecule has 0 radical (unpaired) electrons. The van der Waals surface area contributed by atoms with E-state index in [4.69, 9.17) is 4.74 Å². The number of rotatable bonds is 4. The van der Waals surface area contributed by atoms with Gasteiger partial charge in [-0.1, -0.05) is 42.5 Å². The van der Waals surface area contributed by atoms with Crippen LogP contribution in [0.4, 0.5) is 5.82 Å². The third-order valence-electron chi connectivity index (χ3n) is 3.18. The van der Waals surface area contributed by atoms with Gasteiger partial charge in [-0.05, 0) is 23.8 Å². The summed E-state index contributed by atoms with van der Waals surface area (Å²) in [6.45, 7) is 0.547. The summed E-state index contributed by atoms with van der Waals surface area (Å²) in [4.78, 5) is 4.57. The van der Waals surface area contributed by atoms with Crippen molar-refractivity contribution in [2.24, 2.45) is 0 Å². The van der Waals surface area contributed by atoms with Gasteiger partial charge >= 0.3 is 0 Å². The molecule has 0 aliphatic heterocycles. The minimum absolute atomic E-state index is 0.547. The molecule has 3 rings (SSSR count). The summed E-state index contributed by atoms with van der Waals surface area (Å²) in [5.74, 6) is 1.65. The molecule has 0 spiro atoms. The molecule has 3 aromatic rings. The van der Waals surface area contributed by atoms with E-state index in [1.807, 2.05) is 55.6 Å². The average Bonchev–Trinajstić information content (AvgIpc) is 2.53. The van der Waals surface area contributed by atoms with Gasteiger partial charge in [-0.15, -0.1) is 0 Å². The van der Waals surface area contributed by atoms with Gasteiger partial charge in [0.05, 0.1) is 0 Å². The monoisotopic (exact) mass is 264 g/mol. The average molecular weight is 264 g/mol. The molecule has 0 fully saturated rings. The van der Waals surface area contributed by atoms with Gasteiger partial charge in [0, 0.05) is 12.4 Å². The highest BCUT2D eigenvalue weighted by molar-refractivity contribution is 5.85. The molecule has 0 amide bonds. The van der Waals surface area contributed by atoms with E-state index in [9.17, 15) is 0 Å². The van der Waals surface area contributed by atoms with Crippen molar-refractivity contribution in [3.8, 4) is 5.75 Å². The number of hydrogen-bond acceptors (Lipinski definition) is 3. The van der Waals surface area contributed by atoms with Crippen molar-refractivity contribution in [3.05, 3.63) is 66.2 Å². The lowest BCUT2D eigenvalue weighted by Crippen LogP contribution is -1.98. The van der Waals surface area contributed by atoms with Crippen LogP contribution in [0.15, 0.2) is 60.7 Å². The zero-order valence-corrected chi connectivity index (χ0v) is 11.3. The van der Waals surface area contributed by atoms with Crippen molar-refractivity contribution in [3.63, 3.8) is 0 Å². The number of ether oxygens (including phenoxy) is 1. The standard InChI is InChI=1S/C17H16N2O/c1-18-16-11-10-14-8-5-9-15(17(14)19-16)20-12-13-6-3-2-4-7-13/h2-11H,12H2,1H3,(H,18,19). The molecular weight excluding hydrogens is 248 g/mol. The van der Waals surface area contributed by atoms with Crippen molar-refractivity contribution in [1.82, 2.24) is 4.98 Å². The first-order chi connectivity index (χ1) is 9.86. The van der Waals surface area contributed by atoms with Gasteiger partial charge in [-0.2, -0.15) is 0 Å². The van der Waals surface area contributed by atoms with Gasteiger partial charge in [0.15, 0.2) is 0 Å². The Morgan fingerprint density at radius 1 is 0.950 bits per heavy atom. The quantitative estimate of drug-likeness (QED) is 0.777. The molecule has 0 saturated heterocycles. The Labute approximate surface area is 118 Å². The minimum atomic E-state index is 0.547. The van der Waals surface area contributed by atoms with E-state index < -0.39 is 0 Å². The first-order valence-electron chi connectivity index (χ1n) is 6.61. The number of aromatic nitrogens is 1. The summed E-state index contributed by atoms with van der Waals surface area (Å²) in [7, 11) is 1.86. The molecule has 0 unspecified atom stereocenters.